The summed E-state index contributed by atoms with van der Waals surface area (Å²) in [7, 11) is 0. The molecule has 0 aliphatic heterocycles. The molecule has 0 bridgehead atoms. The summed E-state index contributed by atoms with van der Waals surface area (Å²) in [6.07, 6.45) is 3.34. The molecule has 5 nitrogen and oxygen atoms in total. The molecule has 2 aromatic rings. The SMILES string of the molecule is O=C(COc1ccc2c(c1)CCC2)NNC(=O)c1ccc(Br)s1. The first-order valence-corrected chi connectivity index (χ1v) is 8.82. The van der Waals surface area contributed by atoms with Crippen molar-refractivity contribution < 1.29 is 14.3 Å². The van der Waals surface area contributed by atoms with E-state index in [4.69, 9.17) is 4.74 Å². The summed E-state index contributed by atoms with van der Waals surface area (Å²) < 4.78 is 6.32. The first-order chi connectivity index (χ1) is 11.1. The van der Waals surface area contributed by atoms with Crippen molar-refractivity contribution in [1.82, 2.24) is 10.9 Å². The molecular weight excluding hydrogens is 380 g/mol. The van der Waals surface area contributed by atoms with Gasteiger partial charge in [-0.05, 0) is 70.6 Å². The fourth-order valence-electron chi connectivity index (χ4n) is 2.45. The van der Waals surface area contributed by atoms with Gasteiger partial charge in [0.15, 0.2) is 6.61 Å². The Morgan fingerprint density at radius 1 is 1.13 bits per heavy atom. The van der Waals surface area contributed by atoms with Crippen LogP contribution in [-0.2, 0) is 17.6 Å². The third-order valence-electron chi connectivity index (χ3n) is 3.55. The van der Waals surface area contributed by atoms with Gasteiger partial charge in [-0.25, -0.2) is 0 Å². The van der Waals surface area contributed by atoms with Crippen LogP contribution in [0.1, 0.15) is 27.2 Å². The lowest BCUT2D eigenvalue weighted by Crippen LogP contribution is -2.43. The standard InChI is InChI=1S/C16H15BrN2O3S/c17-14-7-6-13(23-14)16(21)19-18-15(20)9-22-12-5-4-10-2-1-3-11(10)8-12/h4-8H,1-3,9H2,(H,18,20)(H,19,21). The molecule has 7 heteroatoms. The Bertz CT molecular complexity index is 745. The zero-order chi connectivity index (χ0) is 16.2. The Balaban J connectivity index is 1.45. The van der Waals surface area contributed by atoms with Crippen LogP contribution in [-0.4, -0.2) is 18.4 Å². The predicted molar refractivity (Wildman–Crippen MR) is 91.6 cm³/mol. The summed E-state index contributed by atoms with van der Waals surface area (Å²) in [5, 5.41) is 0. The van der Waals surface area contributed by atoms with E-state index < -0.39 is 5.91 Å². The van der Waals surface area contributed by atoms with E-state index in [-0.39, 0.29) is 12.5 Å². The third kappa shape index (κ3) is 4.11. The van der Waals surface area contributed by atoms with Crippen LogP contribution in [0.15, 0.2) is 34.1 Å². The lowest BCUT2D eigenvalue weighted by molar-refractivity contribution is -0.123. The number of benzene rings is 1. The molecule has 1 aromatic carbocycles. The van der Waals surface area contributed by atoms with E-state index in [1.807, 2.05) is 18.2 Å². The second-order valence-electron chi connectivity index (χ2n) is 5.18. The van der Waals surface area contributed by atoms with Crippen LogP contribution in [0, 0.1) is 0 Å². The van der Waals surface area contributed by atoms with Crippen molar-refractivity contribution in [1.29, 1.82) is 0 Å². The van der Waals surface area contributed by atoms with Gasteiger partial charge in [0.1, 0.15) is 5.75 Å². The van der Waals surface area contributed by atoms with Crippen LogP contribution in [0.4, 0.5) is 0 Å². The zero-order valence-corrected chi connectivity index (χ0v) is 14.6. The maximum atomic E-state index is 11.8. The number of ether oxygens (including phenoxy) is 1. The second-order valence-corrected chi connectivity index (χ2v) is 7.64. The predicted octanol–water partition coefficient (Wildman–Crippen LogP) is 2.84. The molecule has 0 atom stereocenters. The smallest absolute Gasteiger partial charge is 0.279 e. The van der Waals surface area contributed by atoms with Crippen molar-refractivity contribution >= 4 is 39.1 Å². The second kappa shape index (κ2) is 7.14. The number of aryl methyl sites for hydroxylation is 2. The lowest BCUT2D eigenvalue weighted by Gasteiger charge is -2.09. The third-order valence-corrected chi connectivity index (χ3v) is 5.17. The highest BCUT2D eigenvalue weighted by atomic mass is 79.9. The normalized spacial score (nSPS) is 12.6. The fraction of sp³-hybridized carbons (Fsp3) is 0.250. The molecule has 3 rings (SSSR count). The number of rotatable bonds is 4. The number of halogens is 1. The van der Waals surface area contributed by atoms with E-state index >= 15 is 0 Å². The van der Waals surface area contributed by atoms with Gasteiger partial charge in [0.2, 0.25) is 0 Å². The number of fused-ring (bicyclic) bond motifs is 1. The van der Waals surface area contributed by atoms with Gasteiger partial charge in [0.05, 0.1) is 8.66 Å². The average molecular weight is 395 g/mol. The average Bonchev–Trinajstić information content (AvgIpc) is 3.18. The minimum atomic E-state index is -0.408. The number of hydrogen-bond donors (Lipinski definition) is 2. The molecule has 0 radical (unpaired) electrons. The van der Waals surface area contributed by atoms with Gasteiger partial charge in [-0.15, -0.1) is 11.3 Å². The van der Waals surface area contributed by atoms with E-state index in [0.717, 1.165) is 16.6 Å². The van der Waals surface area contributed by atoms with Crippen molar-refractivity contribution in [3.8, 4) is 5.75 Å². The molecule has 1 aromatic heterocycles. The first kappa shape index (κ1) is 16.0. The Kier molecular flexibility index (Phi) is 4.97. The van der Waals surface area contributed by atoms with Crippen molar-refractivity contribution in [3.63, 3.8) is 0 Å². The highest BCUT2D eigenvalue weighted by molar-refractivity contribution is 9.11. The number of hydrazine groups is 1. The number of thiophene rings is 1. The van der Waals surface area contributed by atoms with Gasteiger partial charge in [-0.2, -0.15) is 0 Å². The number of carbonyl (C=O) groups is 2. The number of nitrogens with one attached hydrogen (secondary N) is 2. The Labute approximate surface area is 146 Å². The summed E-state index contributed by atoms with van der Waals surface area (Å²) >= 11 is 4.57. The zero-order valence-electron chi connectivity index (χ0n) is 12.2. The van der Waals surface area contributed by atoms with Gasteiger partial charge < -0.3 is 4.74 Å². The molecule has 0 fully saturated rings. The van der Waals surface area contributed by atoms with E-state index in [2.05, 4.69) is 26.8 Å². The van der Waals surface area contributed by atoms with Crippen molar-refractivity contribution in [3.05, 3.63) is 50.1 Å². The molecule has 2 N–H and O–H groups in total. The quantitative estimate of drug-likeness (QED) is 0.783. The molecule has 120 valence electrons. The Morgan fingerprint density at radius 3 is 2.74 bits per heavy atom. The highest BCUT2D eigenvalue weighted by Crippen LogP contribution is 2.26. The van der Waals surface area contributed by atoms with Crippen LogP contribution in [0.25, 0.3) is 0 Å². The maximum absolute atomic E-state index is 11.8. The Morgan fingerprint density at radius 2 is 1.96 bits per heavy atom. The van der Waals surface area contributed by atoms with Crippen LogP contribution in [0.3, 0.4) is 0 Å². The number of amides is 2. The summed E-state index contributed by atoms with van der Waals surface area (Å²) in [6.45, 7) is -0.146. The maximum Gasteiger partial charge on any atom is 0.279 e. The first-order valence-electron chi connectivity index (χ1n) is 7.21. The van der Waals surface area contributed by atoms with E-state index in [0.29, 0.717) is 10.6 Å². The molecule has 1 aliphatic carbocycles. The van der Waals surface area contributed by atoms with E-state index in [9.17, 15) is 9.59 Å². The fourth-order valence-corrected chi connectivity index (χ4v) is 3.73. The van der Waals surface area contributed by atoms with E-state index in [1.165, 1.54) is 28.9 Å². The van der Waals surface area contributed by atoms with Gasteiger partial charge in [0, 0.05) is 0 Å². The molecule has 0 spiro atoms. The molecule has 1 aliphatic rings. The van der Waals surface area contributed by atoms with Gasteiger partial charge in [0.25, 0.3) is 11.8 Å². The van der Waals surface area contributed by atoms with Crippen LogP contribution in [0.2, 0.25) is 0 Å². The van der Waals surface area contributed by atoms with Crippen LogP contribution < -0.4 is 15.6 Å². The summed E-state index contributed by atoms with van der Waals surface area (Å²) in [4.78, 5) is 24.0. The molecule has 0 saturated heterocycles. The molecular formula is C16H15BrN2O3S. The lowest BCUT2D eigenvalue weighted by atomic mass is 10.1. The van der Waals surface area contributed by atoms with Gasteiger partial charge >= 0.3 is 0 Å². The van der Waals surface area contributed by atoms with Crippen LogP contribution >= 0.6 is 27.3 Å². The van der Waals surface area contributed by atoms with Crippen molar-refractivity contribution in [2.75, 3.05) is 6.61 Å². The molecule has 1 heterocycles. The molecule has 0 unspecified atom stereocenters. The monoisotopic (exact) mass is 394 g/mol. The Hall–Kier alpha value is -1.86. The minimum absolute atomic E-state index is 0.146. The highest BCUT2D eigenvalue weighted by Gasteiger charge is 2.13. The van der Waals surface area contributed by atoms with Crippen molar-refractivity contribution in [2.24, 2.45) is 0 Å². The minimum Gasteiger partial charge on any atom is -0.484 e. The summed E-state index contributed by atoms with van der Waals surface area (Å²) in [5.41, 5.74) is 7.35. The molecule has 23 heavy (non-hydrogen) atoms. The molecule has 2 amide bonds. The van der Waals surface area contributed by atoms with Gasteiger partial charge in [-0.1, -0.05) is 6.07 Å². The summed E-state index contributed by atoms with van der Waals surface area (Å²) in [6, 6.07) is 9.36. The number of hydrogen-bond acceptors (Lipinski definition) is 4. The largest absolute Gasteiger partial charge is 0.484 e. The molecule has 0 saturated carbocycles. The van der Waals surface area contributed by atoms with Gasteiger partial charge in [-0.3, -0.25) is 20.4 Å². The van der Waals surface area contributed by atoms with Crippen LogP contribution in [0.5, 0.6) is 5.75 Å². The van der Waals surface area contributed by atoms with Crippen molar-refractivity contribution in [2.45, 2.75) is 19.3 Å². The topological polar surface area (TPSA) is 67.4 Å². The van der Waals surface area contributed by atoms with E-state index in [1.54, 1.807) is 12.1 Å². The number of carbonyl (C=O) groups excluding carboxylic acids is 2. The summed E-state index contributed by atoms with van der Waals surface area (Å²) in [5.74, 6) is -0.0876.